The normalized spacial score (nSPS) is 9.47. The van der Waals surface area contributed by atoms with Crippen molar-refractivity contribution in [2.24, 2.45) is 0 Å². The van der Waals surface area contributed by atoms with E-state index in [4.69, 9.17) is 10.00 Å². The summed E-state index contributed by atoms with van der Waals surface area (Å²) in [6, 6.07) is 14.1. The first-order chi connectivity index (χ1) is 9.20. The number of carbonyl (C=O) groups is 1. The van der Waals surface area contributed by atoms with Crippen molar-refractivity contribution < 1.29 is 13.9 Å². The Labute approximate surface area is 109 Å². The predicted molar refractivity (Wildman–Crippen MR) is 67.2 cm³/mol. The Morgan fingerprint density at radius 3 is 2.58 bits per heavy atom. The second kappa shape index (κ2) is 5.65. The van der Waals surface area contributed by atoms with Gasteiger partial charge in [-0.2, -0.15) is 5.26 Å². The SMILES string of the molecule is N#Cc1c(F)cccc1NC(=O)Oc1ccccc1. The number of hydrogen-bond donors (Lipinski definition) is 1. The molecule has 0 aromatic heterocycles. The highest BCUT2D eigenvalue weighted by molar-refractivity contribution is 5.88. The van der Waals surface area contributed by atoms with Gasteiger partial charge in [0.25, 0.3) is 0 Å². The summed E-state index contributed by atoms with van der Waals surface area (Å²) < 4.78 is 18.3. The number of benzene rings is 2. The average Bonchev–Trinajstić information content (AvgIpc) is 2.40. The molecule has 0 aliphatic heterocycles. The Morgan fingerprint density at radius 1 is 1.16 bits per heavy atom. The molecule has 1 N–H and O–H groups in total. The third kappa shape index (κ3) is 3.07. The Kier molecular flexibility index (Phi) is 3.74. The summed E-state index contributed by atoms with van der Waals surface area (Å²) in [7, 11) is 0. The molecule has 0 atom stereocenters. The third-order valence-corrected chi connectivity index (χ3v) is 2.32. The van der Waals surface area contributed by atoms with Gasteiger partial charge in [0.05, 0.1) is 5.69 Å². The van der Waals surface area contributed by atoms with E-state index in [2.05, 4.69) is 5.32 Å². The zero-order valence-electron chi connectivity index (χ0n) is 9.76. The molecule has 0 fully saturated rings. The summed E-state index contributed by atoms with van der Waals surface area (Å²) >= 11 is 0. The Morgan fingerprint density at radius 2 is 1.89 bits per heavy atom. The van der Waals surface area contributed by atoms with Crippen LogP contribution in [0.5, 0.6) is 5.75 Å². The molecule has 0 radical (unpaired) electrons. The number of anilines is 1. The summed E-state index contributed by atoms with van der Waals surface area (Å²) in [5, 5.41) is 11.1. The fourth-order valence-corrected chi connectivity index (χ4v) is 1.47. The minimum atomic E-state index is -0.784. The van der Waals surface area contributed by atoms with E-state index < -0.39 is 11.9 Å². The largest absolute Gasteiger partial charge is 0.417 e. The lowest BCUT2D eigenvalue weighted by Crippen LogP contribution is -2.17. The van der Waals surface area contributed by atoms with Gasteiger partial charge in [0.2, 0.25) is 0 Å². The molecular weight excluding hydrogens is 247 g/mol. The fourth-order valence-electron chi connectivity index (χ4n) is 1.47. The molecule has 0 unspecified atom stereocenters. The molecule has 0 saturated heterocycles. The molecule has 5 heteroatoms. The lowest BCUT2D eigenvalue weighted by atomic mass is 10.2. The highest BCUT2D eigenvalue weighted by Crippen LogP contribution is 2.18. The summed E-state index contributed by atoms with van der Waals surface area (Å²) in [5.74, 6) is -0.338. The number of nitriles is 1. The van der Waals surface area contributed by atoms with Crippen molar-refractivity contribution in [3.8, 4) is 11.8 Å². The number of carbonyl (C=O) groups excluding carboxylic acids is 1. The fraction of sp³-hybridized carbons (Fsp3) is 0. The van der Waals surface area contributed by atoms with Crippen LogP contribution in [0.3, 0.4) is 0 Å². The number of rotatable bonds is 2. The summed E-state index contributed by atoms with van der Waals surface area (Å²) in [5.41, 5.74) is -0.157. The molecule has 2 aromatic carbocycles. The van der Waals surface area contributed by atoms with Gasteiger partial charge in [0.15, 0.2) is 0 Å². The van der Waals surface area contributed by atoms with Crippen LogP contribution in [0.15, 0.2) is 48.5 Å². The molecule has 0 aliphatic carbocycles. The molecule has 0 bridgehead atoms. The van der Waals surface area contributed by atoms with Gasteiger partial charge in [-0.05, 0) is 24.3 Å². The minimum absolute atomic E-state index is 0.0726. The molecule has 0 saturated carbocycles. The zero-order valence-corrected chi connectivity index (χ0v) is 9.76. The van der Waals surface area contributed by atoms with E-state index >= 15 is 0 Å². The minimum Gasteiger partial charge on any atom is -0.410 e. The quantitative estimate of drug-likeness (QED) is 0.896. The molecule has 2 rings (SSSR count). The second-order valence-corrected chi connectivity index (χ2v) is 3.60. The predicted octanol–water partition coefficient (Wildman–Crippen LogP) is 3.31. The second-order valence-electron chi connectivity index (χ2n) is 3.60. The van der Waals surface area contributed by atoms with Crippen LogP contribution in [-0.4, -0.2) is 6.09 Å². The Balaban J connectivity index is 2.12. The number of para-hydroxylation sites is 1. The van der Waals surface area contributed by atoms with Crippen molar-refractivity contribution in [1.82, 2.24) is 0 Å². The Bertz CT molecular complexity index is 636. The van der Waals surface area contributed by atoms with Crippen molar-refractivity contribution in [1.29, 1.82) is 5.26 Å². The monoisotopic (exact) mass is 256 g/mol. The number of nitrogens with zero attached hydrogens (tertiary/aromatic N) is 1. The van der Waals surface area contributed by atoms with Gasteiger partial charge in [-0.1, -0.05) is 24.3 Å². The standard InChI is InChI=1S/C14H9FN2O2/c15-12-7-4-8-13(11(12)9-16)17-14(18)19-10-5-2-1-3-6-10/h1-8H,(H,17,18). The molecule has 0 heterocycles. The molecule has 94 valence electrons. The number of halogens is 1. The maximum atomic E-state index is 13.3. The van der Waals surface area contributed by atoms with Crippen LogP contribution in [-0.2, 0) is 0 Å². The highest BCUT2D eigenvalue weighted by Gasteiger charge is 2.11. The maximum absolute atomic E-state index is 13.3. The molecule has 1 amide bonds. The third-order valence-electron chi connectivity index (χ3n) is 2.32. The van der Waals surface area contributed by atoms with Crippen molar-refractivity contribution in [3.05, 3.63) is 59.9 Å². The lowest BCUT2D eigenvalue weighted by Gasteiger charge is -2.08. The van der Waals surface area contributed by atoms with E-state index in [0.717, 1.165) is 6.07 Å². The molecule has 4 nitrogen and oxygen atoms in total. The van der Waals surface area contributed by atoms with E-state index in [1.165, 1.54) is 12.1 Å². The molecule has 0 spiro atoms. The summed E-state index contributed by atoms with van der Waals surface area (Å²) in [6.07, 6.45) is -0.784. The van der Waals surface area contributed by atoms with Crippen molar-refractivity contribution in [2.45, 2.75) is 0 Å². The molecule has 19 heavy (non-hydrogen) atoms. The van der Waals surface area contributed by atoms with Gasteiger partial charge in [0.1, 0.15) is 23.2 Å². The lowest BCUT2D eigenvalue weighted by molar-refractivity contribution is 0.215. The van der Waals surface area contributed by atoms with Gasteiger partial charge >= 0.3 is 6.09 Å². The van der Waals surface area contributed by atoms with Crippen LogP contribution < -0.4 is 10.1 Å². The topological polar surface area (TPSA) is 62.1 Å². The van der Waals surface area contributed by atoms with E-state index in [9.17, 15) is 9.18 Å². The molecule has 0 aliphatic rings. The van der Waals surface area contributed by atoms with Crippen LogP contribution in [0.1, 0.15) is 5.56 Å². The van der Waals surface area contributed by atoms with Crippen molar-refractivity contribution in [3.63, 3.8) is 0 Å². The zero-order chi connectivity index (χ0) is 13.7. The first-order valence-corrected chi connectivity index (χ1v) is 5.43. The number of hydrogen-bond acceptors (Lipinski definition) is 3. The van der Waals surface area contributed by atoms with E-state index in [-0.39, 0.29) is 11.3 Å². The summed E-state index contributed by atoms with van der Waals surface area (Å²) in [6.45, 7) is 0. The number of amides is 1. The summed E-state index contributed by atoms with van der Waals surface area (Å²) in [4.78, 5) is 11.6. The number of ether oxygens (including phenoxy) is 1. The molecule has 2 aromatic rings. The van der Waals surface area contributed by atoms with Gasteiger partial charge < -0.3 is 4.74 Å². The maximum Gasteiger partial charge on any atom is 0.417 e. The van der Waals surface area contributed by atoms with Crippen LogP contribution >= 0.6 is 0 Å². The highest BCUT2D eigenvalue weighted by atomic mass is 19.1. The van der Waals surface area contributed by atoms with E-state index in [0.29, 0.717) is 5.75 Å². The van der Waals surface area contributed by atoms with E-state index in [1.807, 2.05) is 0 Å². The Hall–Kier alpha value is -2.87. The van der Waals surface area contributed by atoms with Gasteiger partial charge in [-0.3, -0.25) is 5.32 Å². The smallest absolute Gasteiger partial charge is 0.410 e. The number of nitrogens with one attached hydrogen (secondary N) is 1. The van der Waals surface area contributed by atoms with Crippen LogP contribution in [0.25, 0.3) is 0 Å². The van der Waals surface area contributed by atoms with E-state index in [1.54, 1.807) is 36.4 Å². The van der Waals surface area contributed by atoms with Crippen LogP contribution in [0.4, 0.5) is 14.9 Å². The van der Waals surface area contributed by atoms with Crippen LogP contribution in [0, 0.1) is 17.1 Å². The van der Waals surface area contributed by atoms with Gasteiger partial charge in [-0.25, -0.2) is 9.18 Å². The first-order valence-electron chi connectivity index (χ1n) is 5.43. The first kappa shape index (κ1) is 12.6. The average molecular weight is 256 g/mol. The van der Waals surface area contributed by atoms with Crippen LogP contribution in [0.2, 0.25) is 0 Å². The van der Waals surface area contributed by atoms with Gasteiger partial charge in [0, 0.05) is 0 Å². The van der Waals surface area contributed by atoms with Gasteiger partial charge in [-0.15, -0.1) is 0 Å². The molecular formula is C14H9FN2O2. The van der Waals surface area contributed by atoms with Crippen molar-refractivity contribution >= 4 is 11.8 Å². The van der Waals surface area contributed by atoms with Crippen molar-refractivity contribution in [2.75, 3.05) is 5.32 Å².